The summed E-state index contributed by atoms with van der Waals surface area (Å²) in [5.41, 5.74) is 0. The van der Waals surface area contributed by atoms with E-state index in [0.29, 0.717) is 11.8 Å². The molecule has 0 spiro atoms. The van der Waals surface area contributed by atoms with Crippen LogP contribution in [0.5, 0.6) is 5.88 Å². The summed E-state index contributed by atoms with van der Waals surface area (Å²) >= 11 is 0. The molecular weight excluding hydrogens is 256 g/mol. The Morgan fingerprint density at radius 2 is 2.16 bits per heavy atom. The van der Waals surface area contributed by atoms with E-state index in [1.54, 1.807) is 18.0 Å². The molecule has 0 bridgehead atoms. The lowest BCUT2D eigenvalue weighted by Crippen LogP contribution is -2.22. The van der Waals surface area contributed by atoms with Gasteiger partial charge in [0.1, 0.15) is 5.82 Å². The Morgan fingerprint density at radius 3 is 2.84 bits per heavy atom. The predicted molar refractivity (Wildman–Crippen MR) is 64.2 cm³/mol. The third kappa shape index (κ3) is 2.95. The van der Waals surface area contributed by atoms with Gasteiger partial charge in [-0.1, -0.05) is 0 Å². The van der Waals surface area contributed by atoms with Crippen LogP contribution in [0.4, 0.5) is 14.7 Å². The van der Waals surface area contributed by atoms with Gasteiger partial charge in [-0.25, -0.2) is 9.97 Å². The quantitative estimate of drug-likeness (QED) is 0.827. The van der Waals surface area contributed by atoms with E-state index in [1.165, 1.54) is 25.7 Å². The van der Waals surface area contributed by atoms with Crippen molar-refractivity contribution < 1.29 is 13.5 Å². The number of alkyl halides is 2. The van der Waals surface area contributed by atoms with E-state index in [4.69, 9.17) is 4.74 Å². The maximum atomic E-state index is 12.7. The van der Waals surface area contributed by atoms with Gasteiger partial charge >= 0.3 is 6.55 Å². The molecule has 2 aromatic rings. The van der Waals surface area contributed by atoms with Crippen molar-refractivity contribution >= 4 is 5.95 Å². The van der Waals surface area contributed by atoms with Crippen molar-refractivity contribution in [2.75, 3.05) is 19.1 Å². The highest BCUT2D eigenvalue weighted by molar-refractivity contribution is 5.31. The minimum Gasteiger partial charge on any atom is -0.481 e. The van der Waals surface area contributed by atoms with Gasteiger partial charge in [-0.15, -0.1) is 0 Å². The van der Waals surface area contributed by atoms with Crippen LogP contribution in [-0.4, -0.2) is 33.7 Å². The van der Waals surface area contributed by atoms with E-state index in [1.807, 2.05) is 0 Å². The molecule has 19 heavy (non-hydrogen) atoms. The SMILES string of the molecule is COc1ccnc(N(C)Cc2nccn2C(F)F)n1. The summed E-state index contributed by atoms with van der Waals surface area (Å²) in [7, 11) is 3.19. The molecule has 0 aromatic carbocycles. The summed E-state index contributed by atoms with van der Waals surface area (Å²) in [4.78, 5) is 13.7. The van der Waals surface area contributed by atoms with E-state index in [0.717, 1.165) is 4.57 Å². The molecule has 0 atom stereocenters. The van der Waals surface area contributed by atoms with Crippen molar-refractivity contribution in [1.82, 2.24) is 19.5 Å². The molecule has 0 saturated carbocycles. The standard InChI is InChI=1S/C11H13F2N5O/c1-17(11-15-4-3-9(16-11)19-2)7-8-14-5-6-18(8)10(12)13/h3-6,10H,7H2,1-2H3. The van der Waals surface area contributed by atoms with Crippen molar-refractivity contribution in [3.63, 3.8) is 0 Å². The van der Waals surface area contributed by atoms with Crippen LogP contribution in [0, 0.1) is 0 Å². The zero-order valence-corrected chi connectivity index (χ0v) is 10.5. The lowest BCUT2D eigenvalue weighted by molar-refractivity contribution is 0.0670. The molecule has 0 aliphatic rings. The number of nitrogens with zero attached hydrogens (tertiary/aromatic N) is 5. The summed E-state index contributed by atoms with van der Waals surface area (Å²) < 4.78 is 31.2. The largest absolute Gasteiger partial charge is 0.481 e. The van der Waals surface area contributed by atoms with Crippen LogP contribution in [0.3, 0.4) is 0 Å². The first kappa shape index (κ1) is 13.2. The van der Waals surface area contributed by atoms with Crippen molar-refractivity contribution in [3.8, 4) is 5.88 Å². The molecule has 6 nitrogen and oxygen atoms in total. The predicted octanol–water partition coefficient (Wildman–Crippen LogP) is 1.71. The summed E-state index contributed by atoms with van der Waals surface area (Å²) in [6.07, 6.45) is 4.11. The van der Waals surface area contributed by atoms with Crippen LogP contribution in [0.1, 0.15) is 12.4 Å². The molecule has 0 unspecified atom stereocenters. The molecule has 2 heterocycles. The van der Waals surface area contributed by atoms with Gasteiger partial charge in [0.2, 0.25) is 11.8 Å². The minimum atomic E-state index is -2.61. The Bertz CT molecular complexity index is 545. The van der Waals surface area contributed by atoms with Crippen molar-refractivity contribution in [1.29, 1.82) is 0 Å². The van der Waals surface area contributed by atoms with Gasteiger partial charge in [0.15, 0.2) is 0 Å². The Kier molecular flexibility index (Phi) is 3.88. The maximum Gasteiger partial charge on any atom is 0.319 e. The first-order valence-corrected chi connectivity index (χ1v) is 5.50. The highest BCUT2D eigenvalue weighted by atomic mass is 19.3. The van der Waals surface area contributed by atoms with E-state index in [-0.39, 0.29) is 12.4 Å². The molecule has 0 aliphatic heterocycles. The molecule has 2 aromatic heterocycles. The average Bonchev–Trinajstić information content (AvgIpc) is 2.87. The first-order chi connectivity index (χ1) is 9.11. The van der Waals surface area contributed by atoms with E-state index < -0.39 is 6.55 Å². The summed E-state index contributed by atoms with van der Waals surface area (Å²) in [5, 5.41) is 0. The highest BCUT2D eigenvalue weighted by Gasteiger charge is 2.14. The molecule has 102 valence electrons. The van der Waals surface area contributed by atoms with Gasteiger partial charge in [0.25, 0.3) is 0 Å². The van der Waals surface area contributed by atoms with E-state index >= 15 is 0 Å². The Morgan fingerprint density at radius 1 is 1.37 bits per heavy atom. The Labute approximate surface area is 108 Å². The Balaban J connectivity index is 2.16. The second-order valence-corrected chi connectivity index (χ2v) is 3.78. The molecule has 0 amide bonds. The lowest BCUT2D eigenvalue weighted by atomic mass is 10.5. The number of hydrogen-bond donors (Lipinski definition) is 0. The molecule has 0 N–H and O–H groups in total. The normalized spacial score (nSPS) is 10.8. The fraction of sp³-hybridized carbons (Fsp3) is 0.364. The van der Waals surface area contributed by atoms with Gasteiger partial charge < -0.3 is 9.64 Å². The van der Waals surface area contributed by atoms with Gasteiger partial charge in [0.05, 0.1) is 13.7 Å². The van der Waals surface area contributed by atoms with Crippen LogP contribution >= 0.6 is 0 Å². The van der Waals surface area contributed by atoms with Crippen LogP contribution in [0.25, 0.3) is 0 Å². The number of methoxy groups -OCH3 is 1. The summed E-state index contributed by atoms with van der Waals surface area (Å²) in [6.45, 7) is -2.44. The van der Waals surface area contributed by atoms with E-state index in [2.05, 4.69) is 15.0 Å². The second kappa shape index (κ2) is 5.59. The maximum absolute atomic E-state index is 12.7. The number of anilines is 1. The second-order valence-electron chi connectivity index (χ2n) is 3.78. The van der Waals surface area contributed by atoms with Crippen molar-refractivity contribution in [2.24, 2.45) is 0 Å². The fourth-order valence-corrected chi connectivity index (χ4v) is 1.56. The number of aromatic nitrogens is 4. The number of rotatable bonds is 5. The monoisotopic (exact) mass is 269 g/mol. The summed E-state index contributed by atoms with van der Waals surface area (Å²) in [5.74, 6) is 1.03. The van der Waals surface area contributed by atoms with Crippen LogP contribution in [0.2, 0.25) is 0 Å². The van der Waals surface area contributed by atoms with Gasteiger partial charge in [-0.3, -0.25) is 4.57 Å². The van der Waals surface area contributed by atoms with Gasteiger partial charge in [-0.05, 0) is 0 Å². The van der Waals surface area contributed by atoms with E-state index in [9.17, 15) is 8.78 Å². The van der Waals surface area contributed by atoms with Gasteiger partial charge in [-0.2, -0.15) is 13.8 Å². The number of imidazole rings is 1. The zero-order valence-electron chi connectivity index (χ0n) is 10.5. The third-order valence-corrected chi connectivity index (χ3v) is 2.51. The molecule has 2 rings (SSSR count). The van der Waals surface area contributed by atoms with Crippen LogP contribution < -0.4 is 9.64 Å². The van der Waals surface area contributed by atoms with Crippen molar-refractivity contribution in [3.05, 3.63) is 30.5 Å². The Hall–Kier alpha value is -2.25. The molecule has 0 aliphatic carbocycles. The number of hydrogen-bond acceptors (Lipinski definition) is 5. The highest BCUT2D eigenvalue weighted by Crippen LogP contribution is 2.16. The number of ether oxygens (including phenoxy) is 1. The first-order valence-electron chi connectivity index (χ1n) is 5.50. The summed E-state index contributed by atoms with van der Waals surface area (Å²) in [6, 6.07) is 1.61. The van der Waals surface area contributed by atoms with Gasteiger partial charge in [0, 0.05) is 31.7 Å². The van der Waals surface area contributed by atoms with Crippen molar-refractivity contribution in [2.45, 2.75) is 13.1 Å². The third-order valence-electron chi connectivity index (χ3n) is 2.51. The molecule has 8 heteroatoms. The zero-order chi connectivity index (χ0) is 13.8. The fourth-order valence-electron chi connectivity index (χ4n) is 1.56. The lowest BCUT2D eigenvalue weighted by Gasteiger charge is -2.17. The molecule has 0 fully saturated rings. The van der Waals surface area contributed by atoms with Crippen LogP contribution in [0.15, 0.2) is 24.7 Å². The topological polar surface area (TPSA) is 56.1 Å². The molecule has 0 saturated heterocycles. The average molecular weight is 269 g/mol. The molecule has 0 radical (unpaired) electrons. The van der Waals surface area contributed by atoms with Crippen LogP contribution in [-0.2, 0) is 6.54 Å². The smallest absolute Gasteiger partial charge is 0.319 e. The minimum absolute atomic E-state index is 0.171. The number of halogens is 2. The molecular formula is C11H13F2N5O.